The Labute approximate surface area is 206 Å². The highest BCUT2D eigenvalue weighted by atomic mass is 16.5. The van der Waals surface area contributed by atoms with Crippen LogP contribution in [0.1, 0.15) is 56.6 Å². The number of amides is 2. The number of carbonyl (C=O) groups excluding carboxylic acids is 2. The number of nitrogens with one attached hydrogen (secondary N) is 2. The van der Waals surface area contributed by atoms with Crippen molar-refractivity contribution >= 4 is 18.0 Å². The van der Waals surface area contributed by atoms with Crippen LogP contribution in [0.4, 0.5) is 4.79 Å². The number of fused-ring (bicyclic) bond motifs is 3. The molecule has 3 N–H and O–H groups in total. The number of aliphatic carboxylic acids is 1. The predicted molar refractivity (Wildman–Crippen MR) is 133 cm³/mol. The van der Waals surface area contributed by atoms with Crippen LogP contribution in [0.2, 0.25) is 0 Å². The van der Waals surface area contributed by atoms with E-state index < -0.39 is 18.1 Å². The molecule has 1 saturated carbocycles. The number of ether oxygens (including phenoxy) is 1. The van der Waals surface area contributed by atoms with Gasteiger partial charge in [0.1, 0.15) is 12.6 Å². The second kappa shape index (κ2) is 10.9. The Kier molecular flexibility index (Phi) is 7.73. The summed E-state index contributed by atoms with van der Waals surface area (Å²) in [4.78, 5) is 37.0. The maximum atomic E-state index is 12.9. The maximum absolute atomic E-state index is 12.9. The summed E-state index contributed by atoms with van der Waals surface area (Å²) >= 11 is 0. The molecule has 3 unspecified atom stereocenters. The molecule has 2 aliphatic carbocycles. The molecule has 1 fully saturated rings. The van der Waals surface area contributed by atoms with Gasteiger partial charge in [-0.15, -0.1) is 0 Å². The Morgan fingerprint density at radius 1 is 0.971 bits per heavy atom. The topological polar surface area (TPSA) is 105 Å². The van der Waals surface area contributed by atoms with E-state index in [1.165, 1.54) is 11.1 Å². The molecule has 0 radical (unpaired) electrons. The van der Waals surface area contributed by atoms with Crippen LogP contribution in [0.3, 0.4) is 0 Å². The van der Waals surface area contributed by atoms with Crippen LogP contribution in [0.15, 0.2) is 48.5 Å². The average Bonchev–Trinajstić information content (AvgIpc) is 3.18. The number of rotatable bonds is 8. The van der Waals surface area contributed by atoms with Gasteiger partial charge in [-0.3, -0.25) is 4.79 Å². The molecule has 0 bridgehead atoms. The zero-order valence-electron chi connectivity index (χ0n) is 20.3. The number of hydrogen-bond donors (Lipinski definition) is 3. The van der Waals surface area contributed by atoms with E-state index in [1.807, 2.05) is 24.3 Å². The summed E-state index contributed by atoms with van der Waals surface area (Å²) in [6, 6.07) is 15.5. The Hall–Kier alpha value is -3.35. The zero-order chi connectivity index (χ0) is 24.9. The number of hydrogen-bond acceptors (Lipinski definition) is 4. The summed E-state index contributed by atoms with van der Waals surface area (Å²) in [6.45, 7) is 4.11. The van der Waals surface area contributed by atoms with Crippen molar-refractivity contribution in [1.82, 2.24) is 10.6 Å². The molecule has 0 spiro atoms. The second-order valence-corrected chi connectivity index (χ2v) is 9.93. The Morgan fingerprint density at radius 2 is 1.57 bits per heavy atom. The van der Waals surface area contributed by atoms with Gasteiger partial charge in [0.25, 0.3) is 0 Å². The van der Waals surface area contributed by atoms with Crippen LogP contribution < -0.4 is 10.6 Å². The zero-order valence-corrected chi connectivity index (χ0v) is 20.3. The standard InChI is InChI=1S/C28H34N2O5/c1-17(2)25(27(32)33)30-26(31)19-10-4-3-9-18(19)15-29-28(34)35-16-24-22-13-7-5-11-20(22)21-12-6-8-14-23(21)24/h5-8,11-14,17-19,24-25H,3-4,9-10,15-16H2,1-2H3,(H,29,34)(H,30,31)(H,32,33). The van der Waals surface area contributed by atoms with Crippen LogP contribution in [0.5, 0.6) is 0 Å². The summed E-state index contributed by atoms with van der Waals surface area (Å²) in [6.07, 6.45) is 2.89. The normalized spacial score (nSPS) is 20.0. The van der Waals surface area contributed by atoms with E-state index in [0.29, 0.717) is 13.0 Å². The van der Waals surface area contributed by atoms with Crippen molar-refractivity contribution < 1.29 is 24.2 Å². The predicted octanol–water partition coefficient (Wildman–Crippen LogP) is 4.56. The highest BCUT2D eigenvalue weighted by Crippen LogP contribution is 2.44. The number of carboxylic acids is 1. The minimum atomic E-state index is -1.03. The highest BCUT2D eigenvalue weighted by molar-refractivity contribution is 5.85. The van der Waals surface area contributed by atoms with E-state index in [1.54, 1.807) is 13.8 Å². The van der Waals surface area contributed by atoms with Gasteiger partial charge in [0.15, 0.2) is 0 Å². The molecule has 0 saturated heterocycles. The van der Waals surface area contributed by atoms with Gasteiger partial charge in [0, 0.05) is 18.4 Å². The Balaban J connectivity index is 1.33. The first-order chi connectivity index (χ1) is 16.9. The number of carbonyl (C=O) groups is 3. The number of benzene rings is 2. The maximum Gasteiger partial charge on any atom is 0.407 e. The van der Waals surface area contributed by atoms with Gasteiger partial charge in [-0.1, -0.05) is 75.2 Å². The quantitative estimate of drug-likeness (QED) is 0.516. The summed E-state index contributed by atoms with van der Waals surface area (Å²) in [5.41, 5.74) is 4.66. The Bertz CT molecular complexity index is 1040. The van der Waals surface area contributed by atoms with Crippen molar-refractivity contribution in [2.45, 2.75) is 51.5 Å². The van der Waals surface area contributed by atoms with E-state index in [2.05, 4.69) is 34.9 Å². The highest BCUT2D eigenvalue weighted by Gasteiger charge is 2.34. The van der Waals surface area contributed by atoms with Crippen LogP contribution in [0.25, 0.3) is 11.1 Å². The van der Waals surface area contributed by atoms with Crippen molar-refractivity contribution in [2.24, 2.45) is 17.8 Å². The smallest absolute Gasteiger partial charge is 0.407 e. The Morgan fingerprint density at radius 3 is 2.17 bits per heavy atom. The van der Waals surface area contributed by atoms with Gasteiger partial charge in [0.05, 0.1) is 0 Å². The first kappa shape index (κ1) is 24.8. The van der Waals surface area contributed by atoms with Gasteiger partial charge in [0.2, 0.25) is 5.91 Å². The van der Waals surface area contributed by atoms with E-state index in [-0.39, 0.29) is 36.2 Å². The molecule has 186 valence electrons. The molecule has 3 atom stereocenters. The molecule has 0 aliphatic heterocycles. The van der Waals surface area contributed by atoms with Gasteiger partial charge in [-0.2, -0.15) is 0 Å². The van der Waals surface area contributed by atoms with Crippen LogP contribution in [-0.2, 0) is 14.3 Å². The molecule has 2 amide bonds. The lowest BCUT2D eigenvalue weighted by Gasteiger charge is -2.32. The van der Waals surface area contributed by atoms with Crippen LogP contribution in [0, 0.1) is 17.8 Å². The third kappa shape index (κ3) is 5.50. The van der Waals surface area contributed by atoms with Crippen LogP contribution >= 0.6 is 0 Å². The van der Waals surface area contributed by atoms with E-state index in [0.717, 1.165) is 30.4 Å². The molecule has 7 nitrogen and oxygen atoms in total. The fourth-order valence-corrected chi connectivity index (χ4v) is 5.43. The minimum absolute atomic E-state index is 0.00894. The molecule has 0 heterocycles. The fourth-order valence-electron chi connectivity index (χ4n) is 5.43. The van der Waals surface area contributed by atoms with Crippen molar-refractivity contribution in [3.05, 3.63) is 59.7 Å². The van der Waals surface area contributed by atoms with Crippen molar-refractivity contribution in [3.8, 4) is 11.1 Å². The first-order valence-electron chi connectivity index (χ1n) is 12.5. The second-order valence-electron chi connectivity index (χ2n) is 9.93. The molecule has 35 heavy (non-hydrogen) atoms. The van der Waals surface area contributed by atoms with Crippen molar-refractivity contribution in [1.29, 1.82) is 0 Å². The molecular weight excluding hydrogens is 444 g/mol. The van der Waals surface area contributed by atoms with Crippen molar-refractivity contribution in [2.75, 3.05) is 13.2 Å². The van der Waals surface area contributed by atoms with Gasteiger partial charge >= 0.3 is 12.1 Å². The molecule has 0 aromatic heterocycles. The summed E-state index contributed by atoms with van der Waals surface area (Å²) < 4.78 is 5.63. The minimum Gasteiger partial charge on any atom is -0.480 e. The average molecular weight is 479 g/mol. The summed E-state index contributed by atoms with van der Waals surface area (Å²) in [7, 11) is 0. The lowest BCUT2D eigenvalue weighted by atomic mass is 9.78. The van der Waals surface area contributed by atoms with Crippen molar-refractivity contribution in [3.63, 3.8) is 0 Å². The van der Waals surface area contributed by atoms with Crippen LogP contribution in [-0.4, -0.2) is 42.3 Å². The van der Waals surface area contributed by atoms with Gasteiger partial charge in [-0.25, -0.2) is 9.59 Å². The third-order valence-corrected chi connectivity index (χ3v) is 7.33. The first-order valence-corrected chi connectivity index (χ1v) is 12.5. The summed E-state index contributed by atoms with van der Waals surface area (Å²) in [5, 5.41) is 15.0. The largest absolute Gasteiger partial charge is 0.480 e. The molecule has 2 aliphatic rings. The molecule has 2 aromatic carbocycles. The number of carboxylic acid groups (broad SMARTS) is 1. The lowest BCUT2D eigenvalue weighted by molar-refractivity contribution is -0.144. The molecular formula is C28H34N2O5. The third-order valence-electron chi connectivity index (χ3n) is 7.33. The van der Waals surface area contributed by atoms with Gasteiger partial charge in [-0.05, 0) is 46.9 Å². The molecule has 4 rings (SSSR count). The van der Waals surface area contributed by atoms with E-state index in [9.17, 15) is 19.5 Å². The monoisotopic (exact) mass is 478 g/mol. The fraction of sp³-hybridized carbons (Fsp3) is 0.464. The van der Waals surface area contributed by atoms with E-state index >= 15 is 0 Å². The number of alkyl carbamates (subject to hydrolysis) is 1. The van der Waals surface area contributed by atoms with E-state index in [4.69, 9.17) is 4.74 Å². The summed E-state index contributed by atoms with van der Waals surface area (Å²) in [5.74, 6) is -1.87. The molecule has 2 aromatic rings. The molecule has 7 heteroatoms. The lowest BCUT2D eigenvalue weighted by Crippen LogP contribution is -2.49. The SMILES string of the molecule is CC(C)C(NC(=O)C1CCCCC1CNC(=O)OCC1c2ccccc2-c2ccccc21)C(=O)O. The van der Waals surface area contributed by atoms with Gasteiger partial charge < -0.3 is 20.5 Å².